The average Bonchev–Trinajstić information content (AvgIpc) is 3.15. The highest BCUT2D eigenvalue weighted by atomic mass is 35.5. The summed E-state index contributed by atoms with van der Waals surface area (Å²) in [5.74, 6) is -0.109. The molecule has 2 fully saturated rings. The maximum absolute atomic E-state index is 14.1. The number of carbonyl (C=O) groups is 2. The van der Waals surface area contributed by atoms with Crippen molar-refractivity contribution in [2.75, 3.05) is 29.6 Å². The van der Waals surface area contributed by atoms with Crippen molar-refractivity contribution in [3.63, 3.8) is 0 Å². The van der Waals surface area contributed by atoms with Crippen molar-refractivity contribution < 1.29 is 9.59 Å². The quantitative estimate of drug-likeness (QED) is 0.705. The molecule has 2 saturated heterocycles. The van der Waals surface area contributed by atoms with Crippen molar-refractivity contribution >= 4 is 46.6 Å². The maximum atomic E-state index is 14.1. The van der Waals surface area contributed by atoms with Gasteiger partial charge in [-0.25, -0.2) is 0 Å². The molecule has 7 heteroatoms. The van der Waals surface area contributed by atoms with E-state index in [9.17, 15) is 9.59 Å². The van der Waals surface area contributed by atoms with Crippen LogP contribution in [0.5, 0.6) is 0 Å². The van der Waals surface area contributed by atoms with Crippen molar-refractivity contribution in [3.05, 3.63) is 59.1 Å². The number of nitrogens with zero attached hydrogens (tertiary/aromatic N) is 3. The highest BCUT2D eigenvalue weighted by Gasteiger charge is 2.63. The van der Waals surface area contributed by atoms with Crippen LogP contribution in [0, 0.1) is 0 Å². The Morgan fingerprint density at radius 3 is 2.60 bits per heavy atom. The van der Waals surface area contributed by atoms with E-state index in [1.807, 2.05) is 48.2 Å². The fraction of sp³-hybridized carbons (Fsp3) is 0.391. The monoisotopic (exact) mass is 441 g/mol. The van der Waals surface area contributed by atoms with Gasteiger partial charge in [0, 0.05) is 16.3 Å². The topological polar surface area (TPSA) is 43.9 Å². The van der Waals surface area contributed by atoms with Crippen molar-refractivity contribution in [1.29, 1.82) is 0 Å². The van der Waals surface area contributed by atoms with Crippen LogP contribution >= 0.6 is 23.4 Å². The lowest BCUT2D eigenvalue weighted by Gasteiger charge is -2.35. The van der Waals surface area contributed by atoms with Crippen molar-refractivity contribution in [2.24, 2.45) is 0 Å². The number of likely N-dealkylation sites (tertiary alicyclic amines) is 1. The van der Waals surface area contributed by atoms with Gasteiger partial charge >= 0.3 is 0 Å². The Balaban J connectivity index is 1.62. The van der Waals surface area contributed by atoms with Crippen LogP contribution in [0.2, 0.25) is 5.02 Å². The van der Waals surface area contributed by atoms with Gasteiger partial charge in [0.15, 0.2) is 0 Å². The average molecular weight is 442 g/mol. The summed E-state index contributed by atoms with van der Waals surface area (Å²) in [5, 5.41) is 0.222. The van der Waals surface area contributed by atoms with E-state index in [1.165, 1.54) is 18.2 Å². The molecule has 3 aliphatic rings. The van der Waals surface area contributed by atoms with E-state index in [1.54, 1.807) is 17.0 Å². The van der Waals surface area contributed by atoms with Gasteiger partial charge < -0.3 is 0 Å². The number of fused-ring (bicyclic) bond motifs is 2. The SMILES string of the molecule is C[C@@H]1S[C@]2(C(=O)N(CN3CCCCC3)c3ccccc32)N(c2cccc(Cl)c2)C1=O. The lowest BCUT2D eigenvalue weighted by Crippen LogP contribution is -2.52. The Morgan fingerprint density at radius 2 is 1.83 bits per heavy atom. The number of hydrogen-bond acceptors (Lipinski definition) is 4. The van der Waals surface area contributed by atoms with E-state index in [0.29, 0.717) is 17.4 Å². The van der Waals surface area contributed by atoms with Gasteiger partial charge in [0.25, 0.3) is 5.91 Å². The van der Waals surface area contributed by atoms with E-state index in [0.717, 1.165) is 37.2 Å². The molecule has 2 atom stereocenters. The first kappa shape index (κ1) is 19.9. The van der Waals surface area contributed by atoms with E-state index in [-0.39, 0.29) is 17.1 Å². The third-order valence-corrected chi connectivity index (χ3v) is 7.89. The second-order valence-electron chi connectivity index (χ2n) is 8.13. The smallest absolute Gasteiger partial charge is 0.269 e. The number of hydrogen-bond donors (Lipinski definition) is 0. The van der Waals surface area contributed by atoms with Crippen LogP contribution in [0.3, 0.4) is 0 Å². The minimum Gasteiger partial charge on any atom is -0.295 e. The Labute approximate surface area is 186 Å². The predicted molar refractivity (Wildman–Crippen MR) is 122 cm³/mol. The molecule has 0 bridgehead atoms. The summed E-state index contributed by atoms with van der Waals surface area (Å²) in [4.78, 5) is 32.2. The summed E-state index contributed by atoms with van der Waals surface area (Å²) in [7, 11) is 0. The number of benzene rings is 2. The number of carbonyl (C=O) groups excluding carboxylic acids is 2. The molecule has 0 saturated carbocycles. The van der Waals surface area contributed by atoms with Gasteiger partial charge in [-0.3, -0.25) is 24.3 Å². The van der Waals surface area contributed by atoms with Crippen LogP contribution in [0.1, 0.15) is 31.7 Å². The normalized spacial score (nSPS) is 26.7. The number of amides is 2. The third-order valence-electron chi connectivity index (χ3n) is 6.18. The highest BCUT2D eigenvalue weighted by Crippen LogP contribution is 2.57. The molecule has 3 aliphatic heterocycles. The highest BCUT2D eigenvalue weighted by molar-refractivity contribution is 8.03. The lowest BCUT2D eigenvalue weighted by atomic mass is 10.0. The summed E-state index contributed by atoms with van der Waals surface area (Å²) < 4.78 is 0. The molecule has 5 rings (SSSR count). The number of thioether (sulfide) groups is 1. The van der Waals surface area contributed by atoms with Gasteiger partial charge in [-0.1, -0.05) is 42.3 Å². The van der Waals surface area contributed by atoms with Gasteiger partial charge in [0.2, 0.25) is 10.8 Å². The second kappa shape index (κ2) is 7.59. The number of para-hydroxylation sites is 1. The summed E-state index contributed by atoms with van der Waals surface area (Å²) in [6.45, 7) is 4.44. The molecule has 1 spiro atoms. The molecule has 0 radical (unpaired) electrons. The van der Waals surface area contributed by atoms with E-state index >= 15 is 0 Å². The Hall–Kier alpha value is -2.02. The molecule has 0 aliphatic carbocycles. The predicted octanol–water partition coefficient (Wildman–Crippen LogP) is 4.45. The zero-order valence-corrected chi connectivity index (χ0v) is 18.5. The molecule has 0 N–H and O–H groups in total. The zero-order valence-electron chi connectivity index (χ0n) is 16.9. The molecular weight excluding hydrogens is 418 g/mol. The minimum atomic E-state index is -1.09. The Morgan fingerprint density at radius 1 is 1.07 bits per heavy atom. The molecule has 2 aromatic rings. The minimum absolute atomic E-state index is 0.0445. The first-order chi connectivity index (χ1) is 14.5. The molecular formula is C23H24ClN3O2S. The van der Waals surface area contributed by atoms with Gasteiger partial charge in [-0.2, -0.15) is 0 Å². The molecule has 156 valence electrons. The molecule has 3 heterocycles. The summed E-state index contributed by atoms with van der Waals surface area (Å²) in [6.07, 6.45) is 3.57. The van der Waals surface area contributed by atoms with E-state index in [2.05, 4.69) is 4.90 Å². The molecule has 2 amide bonds. The van der Waals surface area contributed by atoms with Gasteiger partial charge in [0.1, 0.15) is 0 Å². The fourth-order valence-corrected chi connectivity index (χ4v) is 6.51. The van der Waals surface area contributed by atoms with Crippen LogP contribution in [0.4, 0.5) is 11.4 Å². The van der Waals surface area contributed by atoms with Crippen molar-refractivity contribution in [1.82, 2.24) is 4.90 Å². The van der Waals surface area contributed by atoms with Crippen LogP contribution < -0.4 is 9.80 Å². The molecule has 5 nitrogen and oxygen atoms in total. The Kier molecular flexibility index (Phi) is 5.04. The standard InChI is InChI=1S/C23H24ClN3O2S/c1-16-21(28)27(18-9-7-8-17(24)14-18)23(30-16)19-10-3-4-11-20(19)26(22(23)29)15-25-12-5-2-6-13-25/h3-4,7-11,14,16H,2,5-6,12-13,15H2,1H3/t16-,23+/m0/s1. The summed E-state index contributed by atoms with van der Waals surface area (Å²) >= 11 is 7.68. The van der Waals surface area contributed by atoms with Gasteiger partial charge in [0.05, 0.1) is 17.6 Å². The number of halogens is 1. The lowest BCUT2D eigenvalue weighted by molar-refractivity contribution is -0.124. The zero-order chi connectivity index (χ0) is 20.9. The van der Waals surface area contributed by atoms with Gasteiger partial charge in [-0.05, 0) is 57.1 Å². The van der Waals surface area contributed by atoms with Crippen LogP contribution in [-0.4, -0.2) is 41.7 Å². The molecule has 0 unspecified atom stereocenters. The Bertz CT molecular complexity index is 1010. The van der Waals surface area contributed by atoms with Crippen LogP contribution in [0.25, 0.3) is 0 Å². The fourth-order valence-electron chi connectivity index (χ4n) is 4.79. The number of anilines is 2. The first-order valence-corrected chi connectivity index (χ1v) is 11.7. The summed E-state index contributed by atoms with van der Waals surface area (Å²) in [5.41, 5.74) is 2.44. The van der Waals surface area contributed by atoms with E-state index in [4.69, 9.17) is 11.6 Å². The van der Waals surface area contributed by atoms with Crippen LogP contribution in [0.15, 0.2) is 48.5 Å². The molecule has 0 aromatic heterocycles. The second-order valence-corrected chi connectivity index (χ2v) is 10.1. The maximum Gasteiger partial charge on any atom is 0.269 e. The molecule has 2 aromatic carbocycles. The summed E-state index contributed by atoms with van der Waals surface area (Å²) in [6, 6.07) is 15.1. The van der Waals surface area contributed by atoms with Crippen LogP contribution in [-0.2, 0) is 14.5 Å². The van der Waals surface area contributed by atoms with Crippen molar-refractivity contribution in [2.45, 2.75) is 36.3 Å². The number of piperidine rings is 1. The molecule has 30 heavy (non-hydrogen) atoms. The van der Waals surface area contributed by atoms with E-state index < -0.39 is 4.87 Å². The van der Waals surface area contributed by atoms with Gasteiger partial charge in [-0.15, -0.1) is 11.8 Å². The number of rotatable bonds is 3. The first-order valence-electron chi connectivity index (χ1n) is 10.4. The van der Waals surface area contributed by atoms with Crippen molar-refractivity contribution in [3.8, 4) is 0 Å². The third kappa shape index (κ3) is 2.96. The largest absolute Gasteiger partial charge is 0.295 e.